The van der Waals surface area contributed by atoms with Crippen LogP contribution in [0.1, 0.15) is 25.5 Å². The Bertz CT molecular complexity index is 392. The van der Waals surface area contributed by atoms with E-state index in [2.05, 4.69) is 5.32 Å². The Morgan fingerprint density at radius 3 is 2.56 bits per heavy atom. The summed E-state index contributed by atoms with van der Waals surface area (Å²) in [4.78, 5) is 0. The second-order valence-electron chi connectivity index (χ2n) is 3.87. The van der Waals surface area contributed by atoms with E-state index >= 15 is 0 Å². The largest absolute Gasteiger partial charge is 0.484 e. The van der Waals surface area contributed by atoms with Crippen LogP contribution in [0, 0.1) is 5.82 Å². The zero-order valence-electron chi connectivity index (χ0n) is 10.1. The van der Waals surface area contributed by atoms with Crippen molar-refractivity contribution in [3.05, 3.63) is 29.6 Å². The molecule has 0 aliphatic carbocycles. The van der Waals surface area contributed by atoms with E-state index in [0.717, 1.165) is 6.07 Å². The van der Waals surface area contributed by atoms with E-state index in [9.17, 15) is 17.6 Å². The van der Waals surface area contributed by atoms with Crippen molar-refractivity contribution in [3.8, 4) is 5.75 Å². The maximum atomic E-state index is 13.1. The second kappa shape index (κ2) is 6.04. The zero-order chi connectivity index (χ0) is 13.8. The van der Waals surface area contributed by atoms with Crippen molar-refractivity contribution in [1.82, 2.24) is 5.32 Å². The third-order valence-corrected chi connectivity index (χ3v) is 2.34. The van der Waals surface area contributed by atoms with Crippen LogP contribution in [0.15, 0.2) is 18.2 Å². The van der Waals surface area contributed by atoms with E-state index in [0.29, 0.717) is 12.1 Å². The van der Waals surface area contributed by atoms with Gasteiger partial charge in [0.2, 0.25) is 0 Å². The number of alkyl halides is 3. The molecule has 102 valence electrons. The Morgan fingerprint density at radius 1 is 1.33 bits per heavy atom. The van der Waals surface area contributed by atoms with Gasteiger partial charge in [-0.05, 0) is 31.7 Å². The molecule has 1 N–H and O–H groups in total. The second-order valence-corrected chi connectivity index (χ2v) is 3.87. The molecule has 0 spiro atoms. The third-order valence-electron chi connectivity index (χ3n) is 2.34. The maximum absolute atomic E-state index is 13.1. The average molecular weight is 265 g/mol. The van der Waals surface area contributed by atoms with E-state index in [-0.39, 0.29) is 11.8 Å². The van der Waals surface area contributed by atoms with Gasteiger partial charge in [0.1, 0.15) is 11.6 Å². The van der Waals surface area contributed by atoms with E-state index in [1.54, 1.807) is 6.92 Å². The predicted molar refractivity (Wildman–Crippen MR) is 60.0 cm³/mol. The summed E-state index contributed by atoms with van der Waals surface area (Å²) in [6.45, 7) is 2.83. The molecule has 0 saturated heterocycles. The first-order valence-electron chi connectivity index (χ1n) is 5.56. The molecule has 0 bridgehead atoms. The molecule has 1 unspecified atom stereocenters. The Labute approximate surface area is 103 Å². The molecule has 1 atom stereocenters. The molecule has 18 heavy (non-hydrogen) atoms. The number of halogens is 4. The summed E-state index contributed by atoms with van der Waals surface area (Å²) in [5, 5.41) is 3.00. The lowest BCUT2D eigenvalue weighted by Crippen LogP contribution is -2.22. The molecule has 1 aromatic carbocycles. The number of benzene rings is 1. The van der Waals surface area contributed by atoms with Crippen LogP contribution in [-0.4, -0.2) is 19.3 Å². The summed E-state index contributed by atoms with van der Waals surface area (Å²) in [7, 11) is 0. The van der Waals surface area contributed by atoms with Crippen molar-refractivity contribution < 1.29 is 22.3 Å². The molecule has 1 aromatic rings. The van der Waals surface area contributed by atoms with Gasteiger partial charge in [-0.15, -0.1) is 0 Å². The molecule has 6 heteroatoms. The lowest BCUT2D eigenvalue weighted by Gasteiger charge is -2.18. The Morgan fingerprint density at radius 2 is 2.00 bits per heavy atom. The highest BCUT2D eigenvalue weighted by Crippen LogP contribution is 2.27. The molecule has 0 aliphatic rings. The van der Waals surface area contributed by atoms with Crippen molar-refractivity contribution in [3.63, 3.8) is 0 Å². The summed E-state index contributed by atoms with van der Waals surface area (Å²) in [5.41, 5.74) is 0.376. The highest BCUT2D eigenvalue weighted by Gasteiger charge is 2.29. The van der Waals surface area contributed by atoms with Crippen molar-refractivity contribution >= 4 is 0 Å². The standard InChI is InChI=1S/C12H15F4NO/c1-3-17-8(2)10-6-9(13)4-5-11(10)18-7-12(14,15)16/h4-6,8,17H,3,7H2,1-2H3. The minimum Gasteiger partial charge on any atom is -0.484 e. The number of nitrogens with one attached hydrogen (secondary N) is 1. The first-order valence-corrected chi connectivity index (χ1v) is 5.56. The lowest BCUT2D eigenvalue weighted by molar-refractivity contribution is -0.153. The molecule has 0 aromatic heterocycles. The Kier molecular flexibility index (Phi) is 4.95. The van der Waals surface area contributed by atoms with Crippen LogP contribution in [0.4, 0.5) is 17.6 Å². The smallest absolute Gasteiger partial charge is 0.422 e. The number of hydrogen-bond acceptors (Lipinski definition) is 2. The molecule has 0 heterocycles. The first kappa shape index (κ1) is 14.8. The van der Waals surface area contributed by atoms with Crippen molar-refractivity contribution in [2.24, 2.45) is 0 Å². The van der Waals surface area contributed by atoms with Crippen LogP contribution in [0.5, 0.6) is 5.75 Å². The van der Waals surface area contributed by atoms with Crippen LogP contribution in [0.3, 0.4) is 0 Å². The average Bonchev–Trinajstić information content (AvgIpc) is 2.26. The van der Waals surface area contributed by atoms with Gasteiger partial charge in [0.15, 0.2) is 6.61 Å². The molecular weight excluding hydrogens is 250 g/mol. The maximum Gasteiger partial charge on any atom is 0.422 e. The summed E-state index contributed by atoms with van der Waals surface area (Å²) >= 11 is 0. The summed E-state index contributed by atoms with van der Waals surface area (Å²) < 4.78 is 54.1. The molecule has 1 rings (SSSR count). The van der Waals surface area contributed by atoms with Crippen LogP contribution in [0.2, 0.25) is 0 Å². The van der Waals surface area contributed by atoms with Crippen molar-refractivity contribution in [1.29, 1.82) is 0 Å². The summed E-state index contributed by atoms with van der Waals surface area (Å²) in [6, 6.07) is 3.19. The summed E-state index contributed by atoms with van der Waals surface area (Å²) in [6.07, 6.45) is -4.41. The molecule has 2 nitrogen and oxygen atoms in total. The van der Waals surface area contributed by atoms with Gasteiger partial charge in [0.05, 0.1) is 0 Å². The molecule has 0 fully saturated rings. The minimum absolute atomic E-state index is 0.0437. The van der Waals surface area contributed by atoms with Gasteiger partial charge >= 0.3 is 6.18 Å². The van der Waals surface area contributed by atoms with Crippen LogP contribution < -0.4 is 10.1 Å². The molecule has 0 aliphatic heterocycles. The van der Waals surface area contributed by atoms with Gasteiger partial charge in [-0.3, -0.25) is 0 Å². The Balaban J connectivity index is 2.89. The predicted octanol–water partition coefficient (Wildman–Crippen LogP) is 3.44. The molecular formula is C12H15F4NO. The topological polar surface area (TPSA) is 21.3 Å². The fraction of sp³-hybridized carbons (Fsp3) is 0.500. The van der Waals surface area contributed by atoms with E-state index in [4.69, 9.17) is 4.74 Å². The van der Waals surface area contributed by atoms with Gasteiger partial charge in [-0.25, -0.2) is 4.39 Å². The molecule has 0 radical (unpaired) electrons. The van der Waals surface area contributed by atoms with E-state index in [1.807, 2.05) is 6.92 Å². The minimum atomic E-state index is -4.41. The first-order chi connectivity index (χ1) is 8.33. The van der Waals surface area contributed by atoms with Crippen molar-refractivity contribution in [2.75, 3.05) is 13.2 Å². The van der Waals surface area contributed by atoms with Gasteiger partial charge in [0.25, 0.3) is 0 Å². The van der Waals surface area contributed by atoms with Crippen molar-refractivity contribution in [2.45, 2.75) is 26.1 Å². The lowest BCUT2D eigenvalue weighted by atomic mass is 10.1. The highest BCUT2D eigenvalue weighted by atomic mass is 19.4. The fourth-order valence-electron chi connectivity index (χ4n) is 1.56. The zero-order valence-corrected chi connectivity index (χ0v) is 10.1. The SMILES string of the molecule is CCNC(C)c1cc(F)ccc1OCC(F)(F)F. The highest BCUT2D eigenvalue weighted by molar-refractivity contribution is 5.36. The van der Waals surface area contributed by atoms with Gasteiger partial charge in [-0.1, -0.05) is 6.92 Å². The fourth-order valence-corrected chi connectivity index (χ4v) is 1.56. The van der Waals surface area contributed by atoms with Crippen LogP contribution in [0.25, 0.3) is 0 Å². The van der Waals surface area contributed by atoms with Gasteiger partial charge in [-0.2, -0.15) is 13.2 Å². The number of rotatable bonds is 5. The number of hydrogen-bond donors (Lipinski definition) is 1. The quantitative estimate of drug-likeness (QED) is 0.823. The third kappa shape index (κ3) is 4.52. The van der Waals surface area contributed by atoms with Gasteiger partial charge in [0, 0.05) is 11.6 Å². The normalized spacial score (nSPS) is 13.4. The van der Waals surface area contributed by atoms with E-state index < -0.39 is 18.6 Å². The van der Waals surface area contributed by atoms with Crippen LogP contribution in [-0.2, 0) is 0 Å². The summed E-state index contributed by atoms with van der Waals surface area (Å²) in [5.74, 6) is -0.462. The molecule has 0 saturated carbocycles. The molecule has 0 amide bonds. The van der Waals surface area contributed by atoms with E-state index in [1.165, 1.54) is 12.1 Å². The Hall–Kier alpha value is -1.30. The monoisotopic (exact) mass is 265 g/mol. The van der Waals surface area contributed by atoms with Gasteiger partial charge < -0.3 is 10.1 Å². The van der Waals surface area contributed by atoms with Crippen LogP contribution >= 0.6 is 0 Å². The number of ether oxygens (including phenoxy) is 1.